The molecule has 6 nitrogen and oxygen atoms in total. The third-order valence-electron chi connectivity index (χ3n) is 1.75. The number of nitrogens with two attached hydrogens (primary N) is 1. The van der Waals surface area contributed by atoms with E-state index in [-0.39, 0.29) is 16.8 Å². The smallest absolute Gasteiger partial charge is 0.264 e. The number of thiocarbonyl (C=S) groups is 2. The molecule has 0 heterocycles. The van der Waals surface area contributed by atoms with E-state index in [2.05, 4.69) is 28.4 Å². The van der Waals surface area contributed by atoms with Crippen LogP contribution in [0, 0.1) is 0 Å². The number of amides is 1. The Morgan fingerprint density at radius 3 is 2.63 bits per heavy atom. The molecule has 5 N–H and O–H groups in total. The second-order valence-corrected chi connectivity index (χ2v) is 4.47. The van der Waals surface area contributed by atoms with Crippen LogP contribution < -0.4 is 26.6 Å². The highest BCUT2D eigenvalue weighted by molar-refractivity contribution is 7.80. The number of hydrogen-bond donors (Lipinski definition) is 4. The summed E-state index contributed by atoms with van der Waals surface area (Å²) in [4.78, 5) is 11.5. The van der Waals surface area contributed by atoms with Gasteiger partial charge in [-0.25, -0.2) is 0 Å². The van der Waals surface area contributed by atoms with E-state index in [1.54, 1.807) is 24.3 Å². The number of para-hydroxylation sites is 1. The van der Waals surface area contributed by atoms with Crippen LogP contribution >= 0.6 is 36.0 Å². The Labute approximate surface area is 125 Å². The van der Waals surface area contributed by atoms with Gasteiger partial charge in [0.05, 0.1) is 5.02 Å². The lowest BCUT2D eigenvalue weighted by Gasteiger charge is -2.11. The predicted octanol–water partition coefficient (Wildman–Crippen LogP) is 0.458. The number of ether oxygens (including phenoxy) is 1. The molecule has 102 valence electrons. The van der Waals surface area contributed by atoms with E-state index >= 15 is 0 Å². The number of carbonyl (C=O) groups is 1. The number of hydrogen-bond acceptors (Lipinski definition) is 4. The molecular weight excluding hydrogens is 308 g/mol. The van der Waals surface area contributed by atoms with Gasteiger partial charge in [-0.3, -0.25) is 21.0 Å². The van der Waals surface area contributed by atoms with Crippen LogP contribution in [0.2, 0.25) is 5.02 Å². The van der Waals surface area contributed by atoms with Gasteiger partial charge in [-0.1, -0.05) is 23.7 Å². The molecular formula is C10H11ClN4O2S2. The molecule has 0 saturated heterocycles. The minimum atomic E-state index is -0.442. The molecule has 0 fully saturated rings. The molecule has 0 spiro atoms. The molecule has 0 aliphatic rings. The Hall–Kier alpha value is -1.64. The van der Waals surface area contributed by atoms with Crippen molar-refractivity contribution in [3.8, 4) is 5.75 Å². The van der Waals surface area contributed by atoms with Crippen molar-refractivity contribution < 1.29 is 9.53 Å². The molecule has 0 unspecified atom stereocenters. The lowest BCUT2D eigenvalue weighted by atomic mass is 10.3. The summed E-state index contributed by atoms with van der Waals surface area (Å²) in [5.74, 6) is -0.0263. The highest BCUT2D eigenvalue weighted by Gasteiger charge is 2.07. The van der Waals surface area contributed by atoms with Crippen molar-refractivity contribution in [3.05, 3.63) is 29.3 Å². The zero-order valence-electron chi connectivity index (χ0n) is 9.60. The van der Waals surface area contributed by atoms with E-state index in [0.717, 1.165) is 0 Å². The Bertz CT molecular complexity index is 498. The van der Waals surface area contributed by atoms with Crippen LogP contribution in [-0.2, 0) is 4.79 Å². The number of nitrogens with one attached hydrogen (secondary N) is 3. The quantitative estimate of drug-likeness (QED) is 0.475. The molecule has 1 amide bonds. The molecule has 1 rings (SSSR count). The molecule has 0 radical (unpaired) electrons. The molecule has 0 atom stereocenters. The van der Waals surface area contributed by atoms with Gasteiger partial charge in [-0.2, -0.15) is 0 Å². The van der Waals surface area contributed by atoms with Crippen molar-refractivity contribution in [2.75, 3.05) is 6.61 Å². The van der Waals surface area contributed by atoms with Crippen LogP contribution in [0.5, 0.6) is 5.75 Å². The third-order valence-corrected chi connectivity index (χ3v) is 2.37. The summed E-state index contributed by atoms with van der Waals surface area (Å²) >= 11 is 15.2. The van der Waals surface area contributed by atoms with Crippen molar-refractivity contribution in [3.63, 3.8) is 0 Å². The SMILES string of the molecule is NC(=S)NNC(=S)NC(=O)COc1ccccc1Cl. The van der Waals surface area contributed by atoms with Gasteiger partial charge in [0.2, 0.25) is 0 Å². The first-order valence-electron chi connectivity index (χ1n) is 5.01. The van der Waals surface area contributed by atoms with Crippen molar-refractivity contribution in [1.29, 1.82) is 0 Å². The third kappa shape index (κ3) is 6.18. The van der Waals surface area contributed by atoms with E-state index in [9.17, 15) is 4.79 Å². The van der Waals surface area contributed by atoms with E-state index in [4.69, 9.17) is 34.3 Å². The van der Waals surface area contributed by atoms with Crippen LogP contribution in [0.25, 0.3) is 0 Å². The lowest BCUT2D eigenvalue weighted by Crippen LogP contribution is -2.50. The maximum Gasteiger partial charge on any atom is 0.264 e. The van der Waals surface area contributed by atoms with E-state index < -0.39 is 5.91 Å². The topological polar surface area (TPSA) is 88.4 Å². The monoisotopic (exact) mass is 318 g/mol. The van der Waals surface area contributed by atoms with Gasteiger partial charge >= 0.3 is 0 Å². The average Bonchev–Trinajstić information content (AvgIpc) is 2.35. The Morgan fingerprint density at radius 2 is 2.00 bits per heavy atom. The van der Waals surface area contributed by atoms with Crippen LogP contribution in [0.15, 0.2) is 24.3 Å². The van der Waals surface area contributed by atoms with Gasteiger partial charge in [-0.15, -0.1) is 0 Å². The van der Waals surface area contributed by atoms with Gasteiger partial charge in [0.1, 0.15) is 5.75 Å². The van der Waals surface area contributed by atoms with Crippen molar-refractivity contribution in [2.24, 2.45) is 5.73 Å². The first kappa shape index (κ1) is 15.4. The fourth-order valence-electron chi connectivity index (χ4n) is 1.02. The van der Waals surface area contributed by atoms with Crippen LogP contribution in [0.3, 0.4) is 0 Å². The normalized spacial score (nSPS) is 9.32. The number of hydrazine groups is 1. The molecule has 1 aromatic rings. The first-order chi connectivity index (χ1) is 8.99. The van der Waals surface area contributed by atoms with E-state index in [0.29, 0.717) is 10.8 Å². The van der Waals surface area contributed by atoms with E-state index in [1.165, 1.54) is 0 Å². The largest absolute Gasteiger partial charge is 0.482 e. The molecule has 0 aliphatic carbocycles. The number of halogens is 1. The summed E-state index contributed by atoms with van der Waals surface area (Å²) in [5, 5.41) is 2.81. The highest BCUT2D eigenvalue weighted by Crippen LogP contribution is 2.22. The summed E-state index contributed by atoms with van der Waals surface area (Å²) in [6.07, 6.45) is 0. The maximum atomic E-state index is 11.5. The molecule has 0 aromatic heterocycles. The molecule has 0 bridgehead atoms. The molecule has 0 aliphatic heterocycles. The minimum Gasteiger partial charge on any atom is -0.482 e. The number of benzene rings is 1. The molecule has 19 heavy (non-hydrogen) atoms. The average molecular weight is 319 g/mol. The standard InChI is InChI=1S/C10H11ClN4O2S2/c11-6-3-1-2-4-7(6)17-5-8(16)13-10(19)15-14-9(12)18/h1-4H,5H2,(H3,12,14,18)(H2,13,15,16,19). The van der Waals surface area contributed by atoms with Crippen LogP contribution in [-0.4, -0.2) is 22.7 Å². The summed E-state index contributed by atoms with van der Waals surface area (Å²) < 4.78 is 5.22. The second-order valence-electron chi connectivity index (χ2n) is 3.21. The Kier molecular flexibility index (Phi) is 6.26. The van der Waals surface area contributed by atoms with Gasteiger partial charge in [0.25, 0.3) is 5.91 Å². The maximum absolute atomic E-state index is 11.5. The minimum absolute atomic E-state index is 0.00363. The zero-order valence-corrected chi connectivity index (χ0v) is 12.0. The molecule has 0 saturated carbocycles. The fraction of sp³-hybridized carbons (Fsp3) is 0.100. The summed E-state index contributed by atoms with van der Waals surface area (Å²) in [7, 11) is 0. The van der Waals surface area contributed by atoms with Gasteiger partial charge in [-0.05, 0) is 36.6 Å². The zero-order chi connectivity index (χ0) is 14.3. The van der Waals surface area contributed by atoms with Gasteiger partial charge in [0, 0.05) is 0 Å². The fourth-order valence-corrected chi connectivity index (χ4v) is 1.42. The summed E-state index contributed by atoms with van der Waals surface area (Å²) in [6, 6.07) is 6.82. The van der Waals surface area contributed by atoms with E-state index in [1.807, 2.05) is 0 Å². The lowest BCUT2D eigenvalue weighted by molar-refractivity contribution is -0.121. The van der Waals surface area contributed by atoms with Crippen molar-refractivity contribution >= 4 is 52.2 Å². The molecule has 9 heteroatoms. The Morgan fingerprint density at radius 1 is 1.32 bits per heavy atom. The second kappa shape index (κ2) is 7.72. The van der Waals surface area contributed by atoms with Gasteiger partial charge < -0.3 is 10.5 Å². The highest BCUT2D eigenvalue weighted by atomic mass is 35.5. The molecule has 1 aromatic carbocycles. The first-order valence-corrected chi connectivity index (χ1v) is 6.21. The van der Waals surface area contributed by atoms with Crippen LogP contribution in [0.4, 0.5) is 0 Å². The Balaban J connectivity index is 2.34. The van der Waals surface area contributed by atoms with Crippen molar-refractivity contribution in [1.82, 2.24) is 16.2 Å². The summed E-state index contributed by atoms with van der Waals surface area (Å²) in [6.45, 7) is -0.224. The number of carbonyl (C=O) groups excluding carboxylic acids is 1. The predicted molar refractivity (Wildman–Crippen MR) is 80.7 cm³/mol. The van der Waals surface area contributed by atoms with Crippen molar-refractivity contribution in [2.45, 2.75) is 0 Å². The van der Waals surface area contributed by atoms with Crippen LogP contribution in [0.1, 0.15) is 0 Å². The van der Waals surface area contributed by atoms with Gasteiger partial charge in [0.15, 0.2) is 16.8 Å². The summed E-state index contributed by atoms with van der Waals surface area (Å²) in [5.41, 5.74) is 9.97. The number of rotatable bonds is 3.